The molecule has 1 amide bonds. The average Bonchev–Trinajstić information content (AvgIpc) is 2.97. The first-order valence-electron chi connectivity index (χ1n) is 8.27. The molecule has 0 aliphatic heterocycles. The predicted molar refractivity (Wildman–Crippen MR) is 78.3 cm³/mol. The van der Waals surface area contributed by atoms with E-state index < -0.39 is 0 Å². The molecule has 0 spiro atoms. The minimum Gasteiger partial charge on any atom is -0.353 e. The van der Waals surface area contributed by atoms with E-state index in [1.54, 1.807) is 11.0 Å². The highest BCUT2D eigenvalue weighted by Crippen LogP contribution is 2.60. The molecule has 1 N–H and O–H groups in total. The van der Waals surface area contributed by atoms with Gasteiger partial charge < -0.3 is 5.32 Å². The van der Waals surface area contributed by atoms with Crippen molar-refractivity contribution in [1.29, 1.82) is 0 Å². The van der Waals surface area contributed by atoms with Gasteiger partial charge >= 0.3 is 0 Å². The molecule has 21 heavy (non-hydrogen) atoms. The second-order valence-corrected chi connectivity index (χ2v) is 7.63. The van der Waals surface area contributed by atoms with Crippen LogP contribution in [0.25, 0.3) is 0 Å². The molecule has 4 saturated carbocycles. The van der Waals surface area contributed by atoms with E-state index in [1.807, 2.05) is 0 Å². The predicted octanol–water partition coefficient (Wildman–Crippen LogP) is 2.17. The van der Waals surface area contributed by atoms with E-state index >= 15 is 0 Å². The van der Waals surface area contributed by atoms with Crippen LogP contribution in [-0.2, 0) is 4.79 Å². The third-order valence-electron chi connectivity index (χ3n) is 5.97. The van der Waals surface area contributed by atoms with Crippen LogP contribution in [0.1, 0.15) is 51.5 Å². The van der Waals surface area contributed by atoms with Crippen LogP contribution in [-0.4, -0.2) is 27.2 Å². The van der Waals surface area contributed by atoms with Crippen LogP contribution < -0.4 is 5.32 Å². The molecule has 114 valence electrons. The van der Waals surface area contributed by atoms with Gasteiger partial charge in [-0.3, -0.25) is 4.79 Å². The van der Waals surface area contributed by atoms with Gasteiger partial charge in [0.1, 0.15) is 12.7 Å². The van der Waals surface area contributed by atoms with Crippen molar-refractivity contribution in [2.75, 3.05) is 6.54 Å². The van der Waals surface area contributed by atoms with Crippen LogP contribution in [0.3, 0.4) is 0 Å². The summed E-state index contributed by atoms with van der Waals surface area (Å²) in [6.07, 6.45) is 10.8. The molecule has 5 rings (SSSR count). The summed E-state index contributed by atoms with van der Waals surface area (Å²) in [5.74, 6) is 2.74. The molecule has 1 aromatic heterocycles. The molecular weight excluding hydrogens is 264 g/mol. The van der Waals surface area contributed by atoms with E-state index in [4.69, 9.17) is 0 Å². The Bertz CT molecular complexity index is 489. The monoisotopic (exact) mass is 288 g/mol. The van der Waals surface area contributed by atoms with Crippen LogP contribution in [0.15, 0.2) is 12.7 Å². The van der Waals surface area contributed by atoms with E-state index in [2.05, 4.69) is 22.3 Å². The number of nitrogens with zero attached hydrogens (tertiary/aromatic N) is 3. The zero-order valence-electron chi connectivity index (χ0n) is 12.7. The van der Waals surface area contributed by atoms with Crippen molar-refractivity contribution in [3.8, 4) is 0 Å². The molecule has 1 heterocycles. The van der Waals surface area contributed by atoms with Crippen LogP contribution >= 0.6 is 0 Å². The fourth-order valence-electron chi connectivity index (χ4n) is 5.36. The van der Waals surface area contributed by atoms with Gasteiger partial charge in [-0.15, -0.1) is 0 Å². The first-order valence-corrected chi connectivity index (χ1v) is 8.27. The van der Waals surface area contributed by atoms with E-state index in [1.165, 1.54) is 25.6 Å². The molecule has 5 nitrogen and oxygen atoms in total. The summed E-state index contributed by atoms with van der Waals surface area (Å²) in [4.78, 5) is 16.8. The van der Waals surface area contributed by atoms with Crippen molar-refractivity contribution < 1.29 is 4.79 Å². The molecule has 4 aliphatic carbocycles. The van der Waals surface area contributed by atoms with Gasteiger partial charge in [0.15, 0.2) is 0 Å². The number of carbonyl (C=O) groups is 1. The second-order valence-electron chi connectivity index (χ2n) is 7.63. The third kappa shape index (κ3) is 2.27. The maximum atomic E-state index is 12.8. The Morgan fingerprint density at radius 2 is 1.90 bits per heavy atom. The van der Waals surface area contributed by atoms with Gasteiger partial charge in [-0.1, -0.05) is 0 Å². The second kappa shape index (κ2) is 4.82. The highest BCUT2D eigenvalue weighted by Gasteiger charge is 2.54. The lowest BCUT2D eigenvalue weighted by molar-refractivity contribution is -0.146. The van der Waals surface area contributed by atoms with Gasteiger partial charge in [0, 0.05) is 12.0 Å². The summed E-state index contributed by atoms with van der Waals surface area (Å²) < 4.78 is 1.81. The molecule has 0 saturated heterocycles. The van der Waals surface area contributed by atoms with Gasteiger partial charge in [0.05, 0.1) is 6.04 Å². The Morgan fingerprint density at radius 1 is 1.29 bits per heavy atom. The molecule has 0 aromatic carbocycles. The van der Waals surface area contributed by atoms with Gasteiger partial charge in [0.2, 0.25) is 5.91 Å². The summed E-state index contributed by atoms with van der Waals surface area (Å²) >= 11 is 0. The van der Waals surface area contributed by atoms with E-state index in [0.29, 0.717) is 12.5 Å². The first kappa shape index (κ1) is 13.3. The highest BCUT2D eigenvalue weighted by molar-refractivity contribution is 5.83. The fraction of sp³-hybridized carbons (Fsp3) is 0.812. The summed E-state index contributed by atoms with van der Waals surface area (Å²) in [5, 5.41) is 7.34. The van der Waals surface area contributed by atoms with Crippen LogP contribution in [0.4, 0.5) is 0 Å². The van der Waals surface area contributed by atoms with E-state index in [-0.39, 0.29) is 11.5 Å². The number of rotatable bonds is 4. The maximum Gasteiger partial charge on any atom is 0.226 e. The Morgan fingerprint density at radius 3 is 2.43 bits per heavy atom. The summed E-state index contributed by atoms with van der Waals surface area (Å²) in [6, 6.07) is 0.158. The van der Waals surface area contributed by atoms with Crippen molar-refractivity contribution in [3.05, 3.63) is 12.7 Å². The third-order valence-corrected chi connectivity index (χ3v) is 5.97. The van der Waals surface area contributed by atoms with Crippen molar-refractivity contribution in [2.24, 2.45) is 23.2 Å². The Labute approximate surface area is 125 Å². The number of hydrogen-bond acceptors (Lipinski definition) is 3. The van der Waals surface area contributed by atoms with Gasteiger partial charge in [0.25, 0.3) is 0 Å². The molecule has 0 unspecified atom stereocenters. The first-order chi connectivity index (χ1) is 10.1. The van der Waals surface area contributed by atoms with Gasteiger partial charge in [-0.2, -0.15) is 5.10 Å². The zero-order valence-corrected chi connectivity index (χ0v) is 12.7. The fourth-order valence-corrected chi connectivity index (χ4v) is 5.36. The number of amides is 1. The standard InChI is InChI=1S/C16H24N4O/c1-11(20-10-17-9-19-20)8-18-15(21)16-5-12-2-13(6-16)4-14(3-12)7-16/h9-14H,2-8H2,1H3,(H,18,21)/t11-,12?,13?,14?,16?/m0/s1. The molecule has 5 heteroatoms. The maximum absolute atomic E-state index is 12.8. The molecule has 4 bridgehead atoms. The van der Waals surface area contributed by atoms with E-state index in [0.717, 1.165) is 37.0 Å². The van der Waals surface area contributed by atoms with E-state index in [9.17, 15) is 4.79 Å². The Kier molecular flexibility index (Phi) is 3.05. The van der Waals surface area contributed by atoms with Gasteiger partial charge in [-0.25, -0.2) is 9.67 Å². The summed E-state index contributed by atoms with van der Waals surface area (Å²) in [7, 11) is 0. The average molecular weight is 288 g/mol. The van der Waals surface area contributed by atoms with Crippen LogP contribution in [0.2, 0.25) is 0 Å². The Hall–Kier alpha value is -1.39. The highest BCUT2D eigenvalue weighted by atomic mass is 16.2. The lowest BCUT2D eigenvalue weighted by atomic mass is 9.49. The lowest BCUT2D eigenvalue weighted by Crippen LogP contribution is -2.54. The van der Waals surface area contributed by atoms with Crippen LogP contribution in [0.5, 0.6) is 0 Å². The van der Waals surface area contributed by atoms with Crippen LogP contribution in [0, 0.1) is 23.2 Å². The molecular formula is C16H24N4O. The summed E-state index contributed by atoms with van der Waals surface area (Å²) in [6.45, 7) is 2.71. The SMILES string of the molecule is C[C@@H](CNC(=O)C12CC3CC(CC(C3)C1)C2)n1cncn1. The minimum atomic E-state index is -0.0448. The number of nitrogens with one attached hydrogen (secondary N) is 1. The molecule has 0 radical (unpaired) electrons. The lowest BCUT2D eigenvalue weighted by Gasteiger charge is -2.55. The normalized spacial score (nSPS) is 38.4. The van der Waals surface area contributed by atoms with Crippen molar-refractivity contribution >= 4 is 5.91 Å². The Balaban J connectivity index is 1.41. The van der Waals surface area contributed by atoms with Crippen molar-refractivity contribution in [2.45, 2.75) is 51.5 Å². The topological polar surface area (TPSA) is 59.8 Å². The molecule has 1 aromatic rings. The molecule has 4 fully saturated rings. The number of hydrogen-bond donors (Lipinski definition) is 1. The number of aromatic nitrogens is 3. The smallest absolute Gasteiger partial charge is 0.226 e. The minimum absolute atomic E-state index is 0.0448. The number of carbonyl (C=O) groups excluding carboxylic acids is 1. The molecule has 1 atom stereocenters. The summed E-state index contributed by atoms with van der Waals surface area (Å²) in [5.41, 5.74) is -0.0448. The van der Waals surface area contributed by atoms with Gasteiger partial charge in [-0.05, 0) is 63.2 Å². The zero-order chi connectivity index (χ0) is 14.4. The van der Waals surface area contributed by atoms with Crippen molar-refractivity contribution in [3.63, 3.8) is 0 Å². The van der Waals surface area contributed by atoms with Crippen molar-refractivity contribution in [1.82, 2.24) is 20.1 Å². The molecule has 4 aliphatic rings. The largest absolute Gasteiger partial charge is 0.353 e. The quantitative estimate of drug-likeness (QED) is 0.923.